The first-order chi connectivity index (χ1) is 15.9. The number of halogens is 1. The monoisotopic (exact) mass is 491 g/mol. The van der Waals surface area contributed by atoms with Gasteiger partial charge in [-0.2, -0.15) is 0 Å². The van der Waals surface area contributed by atoms with Crippen molar-refractivity contribution in [2.24, 2.45) is 11.3 Å². The molecule has 0 unspecified atom stereocenters. The summed E-state index contributed by atoms with van der Waals surface area (Å²) in [6.45, 7) is 14.6. The van der Waals surface area contributed by atoms with Crippen LogP contribution in [0, 0.1) is 17.2 Å². The highest BCUT2D eigenvalue weighted by molar-refractivity contribution is 5.91. The number of hydrogen-bond donors (Lipinski definition) is 3. The van der Waals surface area contributed by atoms with Gasteiger partial charge in [-0.3, -0.25) is 9.59 Å². The Bertz CT molecular complexity index is 950. The molecule has 0 fully saturated rings. The first-order valence-corrected chi connectivity index (χ1v) is 11.9. The van der Waals surface area contributed by atoms with E-state index in [0.717, 1.165) is 0 Å². The average Bonchev–Trinajstić information content (AvgIpc) is 2.73. The minimum absolute atomic E-state index is 0.0495. The Morgan fingerprint density at radius 1 is 1.09 bits per heavy atom. The van der Waals surface area contributed by atoms with Gasteiger partial charge in [-0.1, -0.05) is 66.7 Å². The molecule has 35 heavy (non-hydrogen) atoms. The third-order valence-corrected chi connectivity index (χ3v) is 6.48. The normalized spacial score (nSPS) is 15.4. The molecular weight excluding hydrogens is 449 g/mol. The topological polar surface area (TPSA) is 98.7 Å². The van der Waals surface area contributed by atoms with Crippen molar-refractivity contribution in [3.05, 3.63) is 47.3 Å². The number of amides is 2. The molecule has 0 saturated heterocycles. The van der Waals surface area contributed by atoms with Gasteiger partial charge in [0.2, 0.25) is 11.8 Å². The largest absolute Gasteiger partial charge is 0.478 e. The highest BCUT2D eigenvalue weighted by Crippen LogP contribution is 2.29. The summed E-state index contributed by atoms with van der Waals surface area (Å²) in [6, 6.07) is 4.04. The molecule has 0 aliphatic rings. The molecule has 0 radical (unpaired) electrons. The molecule has 196 valence electrons. The van der Waals surface area contributed by atoms with Crippen LogP contribution in [-0.4, -0.2) is 60.0 Å². The van der Waals surface area contributed by atoms with Crippen LogP contribution in [0.15, 0.2) is 35.9 Å². The van der Waals surface area contributed by atoms with Gasteiger partial charge in [-0.05, 0) is 43.0 Å². The summed E-state index contributed by atoms with van der Waals surface area (Å²) in [5.41, 5.74) is -0.612. The van der Waals surface area contributed by atoms with E-state index in [-0.39, 0.29) is 29.1 Å². The molecule has 3 N–H and O–H groups in total. The number of nitrogens with one attached hydrogen (secondary N) is 2. The first-order valence-electron chi connectivity index (χ1n) is 11.9. The molecule has 0 spiro atoms. The van der Waals surface area contributed by atoms with Crippen LogP contribution in [0.5, 0.6) is 0 Å². The van der Waals surface area contributed by atoms with Crippen molar-refractivity contribution < 1.29 is 23.9 Å². The third-order valence-electron chi connectivity index (χ3n) is 6.48. The Morgan fingerprint density at radius 3 is 2.09 bits per heavy atom. The van der Waals surface area contributed by atoms with E-state index in [1.54, 1.807) is 32.3 Å². The summed E-state index contributed by atoms with van der Waals surface area (Å²) < 4.78 is 13.9. The fourth-order valence-electron chi connectivity index (χ4n) is 4.18. The van der Waals surface area contributed by atoms with E-state index in [4.69, 9.17) is 0 Å². The number of rotatable bonds is 10. The second-order valence-corrected chi connectivity index (χ2v) is 11.1. The van der Waals surface area contributed by atoms with Crippen molar-refractivity contribution in [3.8, 4) is 0 Å². The molecule has 3 atom stereocenters. The summed E-state index contributed by atoms with van der Waals surface area (Å²) >= 11 is 0. The lowest BCUT2D eigenvalue weighted by Crippen LogP contribution is -2.61. The lowest BCUT2D eigenvalue weighted by Gasteiger charge is -2.40. The molecule has 0 heterocycles. The molecule has 1 rings (SSSR count). The molecule has 2 amide bonds. The number of benzene rings is 1. The van der Waals surface area contributed by atoms with E-state index in [1.165, 1.54) is 24.0 Å². The van der Waals surface area contributed by atoms with Gasteiger partial charge in [0.25, 0.3) is 0 Å². The Labute approximate surface area is 209 Å². The number of carbonyl (C=O) groups excluding carboxylic acids is 2. The van der Waals surface area contributed by atoms with Gasteiger partial charge in [0.1, 0.15) is 11.9 Å². The molecule has 0 saturated carbocycles. The molecule has 8 heteroatoms. The maximum absolute atomic E-state index is 13.9. The highest BCUT2D eigenvalue weighted by Gasteiger charge is 2.41. The molecular formula is C27H42FN3O4. The minimum atomic E-state index is -1.05. The van der Waals surface area contributed by atoms with E-state index in [1.807, 2.05) is 48.5 Å². The molecule has 7 nitrogen and oxygen atoms in total. The van der Waals surface area contributed by atoms with Gasteiger partial charge in [0.05, 0.1) is 12.1 Å². The van der Waals surface area contributed by atoms with Crippen LogP contribution in [-0.2, 0) is 19.8 Å². The summed E-state index contributed by atoms with van der Waals surface area (Å²) in [5, 5.41) is 15.3. The minimum Gasteiger partial charge on any atom is -0.478 e. The Kier molecular flexibility index (Phi) is 10.2. The van der Waals surface area contributed by atoms with E-state index >= 15 is 0 Å². The van der Waals surface area contributed by atoms with Crippen molar-refractivity contribution in [3.63, 3.8) is 0 Å². The second kappa shape index (κ2) is 11.8. The van der Waals surface area contributed by atoms with Crippen LogP contribution in [0.1, 0.15) is 61.0 Å². The summed E-state index contributed by atoms with van der Waals surface area (Å²) in [5.74, 6) is -2.20. The first kappa shape index (κ1) is 30.3. The lowest BCUT2D eigenvalue weighted by molar-refractivity contribution is -0.141. The molecule has 0 bridgehead atoms. The molecule has 0 aromatic heterocycles. The second-order valence-electron chi connectivity index (χ2n) is 11.1. The quantitative estimate of drug-likeness (QED) is 0.433. The molecule has 1 aromatic carbocycles. The van der Waals surface area contributed by atoms with Gasteiger partial charge in [0, 0.05) is 18.0 Å². The lowest BCUT2D eigenvalue weighted by atomic mass is 9.76. The summed E-state index contributed by atoms with van der Waals surface area (Å²) in [7, 11) is 3.27. The van der Waals surface area contributed by atoms with Crippen LogP contribution >= 0.6 is 0 Å². The number of hydrogen-bond acceptors (Lipinski definition) is 4. The number of carboxylic acids is 1. The average molecular weight is 492 g/mol. The summed E-state index contributed by atoms with van der Waals surface area (Å²) in [6.07, 6.45) is 1.57. The standard InChI is InChI=1S/C27H42FN3O4/c1-16(2)20(14-17(3)25(34)35)31(10)24(33)22(26(4,5)6)30-23(32)21(29-9)27(7,8)18-12-11-13-19(28)15-18/h11-16,20-22,29H,1-10H3,(H,30,32)(H,34,35)/b17-14+/t20-,21+,22-/m1/s1. The third kappa shape index (κ3) is 7.62. The Balaban J connectivity index is 3.32. The van der Waals surface area contributed by atoms with Crippen LogP contribution in [0.4, 0.5) is 4.39 Å². The maximum atomic E-state index is 13.9. The zero-order valence-corrected chi connectivity index (χ0v) is 22.7. The number of likely N-dealkylation sites (N-methyl/N-ethyl adjacent to an activating group) is 2. The van der Waals surface area contributed by atoms with Crippen LogP contribution in [0.2, 0.25) is 0 Å². The Hall–Kier alpha value is -2.74. The SMILES string of the molecule is CN[C@@H](C(=O)N[C@H](C(=O)N(C)[C@H](/C=C(\C)C(=O)O)C(C)C)C(C)(C)C)C(C)(C)c1cccc(F)c1. The van der Waals surface area contributed by atoms with Gasteiger partial charge < -0.3 is 20.6 Å². The number of carbonyl (C=O) groups is 3. The van der Waals surface area contributed by atoms with Crippen molar-refractivity contribution in [1.82, 2.24) is 15.5 Å². The van der Waals surface area contributed by atoms with Gasteiger partial charge in [-0.25, -0.2) is 9.18 Å². The summed E-state index contributed by atoms with van der Waals surface area (Å²) in [4.78, 5) is 40.0. The molecule has 0 aliphatic carbocycles. The van der Waals surface area contributed by atoms with E-state index in [2.05, 4.69) is 10.6 Å². The highest BCUT2D eigenvalue weighted by atomic mass is 19.1. The van der Waals surface area contributed by atoms with Crippen LogP contribution in [0.25, 0.3) is 0 Å². The fourth-order valence-corrected chi connectivity index (χ4v) is 4.18. The number of nitrogens with zero attached hydrogens (tertiary/aromatic N) is 1. The van der Waals surface area contributed by atoms with Crippen molar-refractivity contribution in [2.75, 3.05) is 14.1 Å². The van der Waals surface area contributed by atoms with Gasteiger partial charge in [0.15, 0.2) is 0 Å². The van der Waals surface area contributed by atoms with Gasteiger partial charge in [-0.15, -0.1) is 0 Å². The van der Waals surface area contributed by atoms with E-state index in [9.17, 15) is 23.9 Å². The zero-order valence-electron chi connectivity index (χ0n) is 22.7. The number of aliphatic carboxylic acids is 1. The van der Waals surface area contributed by atoms with Crippen LogP contribution in [0.3, 0.4) is 0 Å². The smallest absolute Gasteiger partial charge is 0.331 e. The number of carboxylic acid groups (broad SMARTS) is 1. The fraction of sp³-hybridized carbons (Fsp3) is 0.593. The van der Waals surface area contributed by atoms with Crippen molar-refractivity contribution in [2.45, 2.75) is 78.9 Å². The maximum Gasteiger partial charge on any atom is 0.331 e. The molecule has 1 aromatic rings. The predicted molar refractivity (Wildman–Crippen MR) is 136 cm³/mol. The van der Waals surface area contributed by atoms with Crippen molar-refractivity contribution in [1.29, 1.82) is 0 Å². The van der Waals surface area contributed by atoms with Crippen LogP contribution < -0.4 is 10.6 Å². The van der Waals surface area contributed by atoms with Gasteiger partial charge >= 0.3 is 5.97 Å². The Morgan fingerprint density at radius 2 is 1.66 bits per heavy atom. The predicted octanol–water partition coefficient (Wildman–Crippen LogP) is 3.74. The molecule has 0 aliphatic heterocycles. The van der Waals surface area contributed by atoms with E-state index < -0.39 is 34.9 Å². The zero-order chi connectivity index (χ0) is 27.3. The van der Waals surface area contributed by atoms with E-state index in [0.29, 0.717) is 5.56 Å². The van der Waals surface area contributed by atoms with Crippen molar-refractivity contribution >= 4 is 17.8 Å².